The lowest BCUT2D eigenvalue weighted by molar-refractivity contribution is 0.0954. The number of hydrogen-bond donors (Lipinski definition) is 1. The second-order valence-electron chi connectivity index (χ2n) is 6.27. The highest BCUT2D eigenvalue weighted by atomic mass is 79.9. The van der Waals surface area contributed by atoms with E-state index in [2.05, 4.69) is 21.2 Å². The van der Waals surface area contributed by atoms with E-state index in [-0.39, 0.29) is 5.91 Å². The van der Waals surface area contributed by atoms with Crippen molar-refractivity contribution in [2.24, 2.45) is 0 Å². The molecule has 0 saturated carbocycles. The molecule has 2 aromatic rings. The molecule has 2 aromatic carbocycles. The number of nitrogens with zero attached hydrogens (tertiary/aromatic N) is 1. The number of hydrogen-bond acceptors (Lipinski definition) is 3. The number of nitrogens with one attached hydrogen (secondary N) is 1. The number of halogens is 1. The molecule has 0 spiro atoms. The molecule has 7 heteroatoms. The van der Waals surface area contributed by atoms with E-state index in [1.54, 1.807) is 28.6 Å². The molecule has 0 unspecified atom stereocenters. The van der Waals surface area contributed by atoms with Crippen molar-refractivity contribution < 1.29 is 13.2 Å². The minimum absolute atomic E-state index is 0.120. The number of amides is 1. The summed E-state index contributed by atoms with van der Waals surface area (Å²) in [6.07, 6.45) is 2.50. The van der Waals surface area contributed by atoms with Gasteiger partial charge in [0, 0.05) is 29.7 Å². The molecule has 1 aliphatic heterocycles. The lowest BCUT2D eigenvalue weighted by Crippen LogP contribution is -2.28. The van der Waals surface area contributed by atoms with Crippen LogP contribution in [0.15, 0.2) is 57.9 Å². The lowest BCUT2D eigenvalue weighted by Gasteiger charge is -2.15. The summed E-state index contributed by atoms with van der Waals surface area (Å²) in [4.78, 5) is 12.4. The Bertz CT molecular complexity index is 859. The van der Waals surface area contributed by atoms with Gasteiger partial charge in [-0.2, -0.15) is 4.31 Å². The van der Waals surface area contributed by atoms with E-state index < -0.39 is 10.0 Å². The van der Waals surface area contributed by atoms with E-state index in [1.807, 2.05) is 24.3 Å². The normalized spacial score (nSPS) is 15.1. The summed E-state index contributed by atoms with van der Waals surface area (Å²) >= 11 is 3.34. The predicted molar refractivity (Wildman–Crippen MR) is 105 cm³/mol. The zero-order chi connectivity index (χ0) is 18.6. The fourth-order valence-electron chi connectivity index (χ4n) is 2.93. The third kappa shape index (κ3) is 4.52. The van der Waals surface area contributed by atoms with Gasteiger partial charge in [0.2, 0.25) is 10.0 Å². The van der Waals surface area contributed by atoms with Gasteiger partial charge in [0.25, 0.3) is 5.91 Å². The van der Waals surface area contributed by atoms with Crippen molar-refractivity contribution in [3.8, 4) is 0 Å². The van der Waals surface area contributed by atoms with Crippen molar-refractivity contribution in [3.63, 3.8) is 0 Å². The molecular weight excluding hydrogens is 416 g/mol. The molecule has 0 aliphatic carbocycles. The van der Waals surface area contributed by atoms with E-state index in [0.29, 0.717) is 36.5 Å². The number of carbonyl (C=O) groups is 1. The number of rotatable bonds is 6. The summed E-state index contributed by atoms with van der Waals surface area (Å²) in [5.74, 6) is -0.120. The van der Waals surface area contributed by atoms with Crippen LogP contribution in [-0.4, -0.2) is 38.3 Å². The largest absolute Gasteiger partial charge is 0.352 e. The van der Waals surface area contributed by atoms with E-state index in [1.165, 1.54) is 0 Å². The number of benzene rings is 2. The summed E-state index contributed by atoms with van der Waals surface area (Å²) in [5, 5.41) is 2.88. The lowest BCUT2D eigenvalue weighted by atomic mass is 10.1. The Labute approximate surface area is 162 Å². The van der Waals surface area contributed by atoms with Crippen LogP contribution in [0.5, 0.6) is 0 Å². The van der Waals surface area contributed by atoms with E-state index in [4.69, 9.17) is 0 Å². The van der Waals surface area contributed by atoms with Crippen LogP contribution in [0.2, 0.25) is 0 Å². The molecule has 1 heterocycles. The highest BCUT2D eigenvalue weighted by Gasteiger charge is 2.26. The molecule has 1 saturated heterocycles. The van der Waals surface area contributed by atoms with Crippen molar-refractivity contribution in [1.82, 2.24) is 9.62 Å². The van der Waals surface area contributed by atoms with Crippen LogP contribution in [0.25, 0.3) is 0 Å². The van der Waals surface area contributed by atoms with E-state index in [0.717, 1.165) is 22.9 Å². The maximum absolute atomic E-state index is 12.5. The quantitative estimate of drug-likeness (QED) is 0.755. The van der Waals surface area contributed by atoms with Crippen LogP contribution in [0, 0.1) is 0 Å². The Morgan fingerprint density at radius 2 is 1.62 bits per heavy atom. The molecule has 0 radical (unpaired) electrons. The van der Waals surface area contributed by atoms with E-state index >= 15 is 0 Å². The molecular formula is C19H21BrN2O3S. The zero-order valence-corrected chi connectivity index (χ0v) is 16.7. The molecule has 26 heavy (non-hydrogen) atoms. The molecule has 1 amide bonds. The first kappa shape index (κ1) is 19.1. The highest BCUT2D eigenvalue weighted by molar-refractivity contribution is 9.10. The van der Waals surface area contributed by atoms with Gasteiger partial charge in [0.05, 0.1) is 4.90 Å². The standard InChI is InChI=1S/C19H21BrN2O3S/c20-17-7-5-16(6-8-17)19(23)21-12-11-15-3-9-18(10-4-15)26(24,25)22-13-1-2-14-22/h3-10H,1-2,11-14H2,(H,21,23). The van der Waals surface area contributed by atoms with Gasteiger partial charge < -0.3 is 5.32 Å². The second kappa shape index (κ2) is 8.33. The van der Waals surface area contributed by atoms with Crippen LogP contribution < -0.4 is 5.32 Å². The Hall–Kier alpha value is -1.70. The first-order chi connectivity index (χ1) is 12.5. The Morgan fingerprint density at radius 3 is 2.23 bits per heavy atom. The van der Waals surface area contributed by atoms with Crippen LogP contribution in [0.1, 0.15) is 28.8 Å². The van der Waals surface area contributed by atoms with Crippen LogP contribution >= 0.6 is 15.9 Å². The first-order valence-corrected chi connectivity index (χ1v) is 10.8. The van der Waals surface area contributed by atoms with Gasteiger partial charge in [0.15, 0.2) is 0 Å². The maximum atomic E-state index is 12.5. The third-order valence-electron chi connectivity index (χ3n) is 4.43. The Balaban J connectivity index is 1.54. The van der Waals surface area contributed by atoms with Crippen molar-refractivity contribution >= 4 is 31.9 Å². The van der Waals surface area contributed by atoms with Crippen LogP contribution in [0.4, 0.5) is 0 Å². The summed E-state index contributed by atoms with van der Waals surface area (Å²) in [5.41, 5.74) is 1.60. The van der Waals surface area contributed by atoms with Gasteiger partial charge >= 0.3 is 0 Å². The predicted octanol–water partition coefficient (Wildman–Crippen LogP) is 3.21. The first-order valence-electron chi connectivity index (χ1n) is 8.60. The smallest absolute Gasteiger partial charge is 0.251 e. The van der Waals surface area contributed by atoms with Crippen LogP contribution in [-0.2, 0) is 16.4 Å². The van der Waals surface area contributed by atoms with Crippen molar-refractivity contribution in [3.05, 3.63) is 64.1 Å². The topological polar surface area (TPSA) is 66.5 Å². The van der Waals surface area contributed by atoms with Crippen molar-refractivity contribution in [2.45, 2.75) is 24.2 Å². The fraction of sp³-hybridized carbons (Fsp3) is 0.316. The Morgan fingerprint density at radius 1 is 1.00 bits per heavy atom. The molecule has 0 atom stereocenters. The van der Waals surface area contributed by atoms with Gasteiger partial charge in [-0.1, -0.05) is 28.1 Å². The molecule has 1 aliphatic rings. The molecule has 0 aromatic heterocycles. The minimum Gasteiger partial charge on any atom is -0.352 e. The molecule has 1 N–H and O–H groups in total. The zero-order valence-electron chi connectivity index (χ0n) is 14.3. The average molecular weight is 437 g/mol. The van der Waals surface area contributed by atoms with Gasteiger partial charge in [0.1, 0.15) is 0 Å². The summed E-state index contributed by atoms with van der Waals surface area (Å²) in [7, 11) is -3.37. The molecule has 5 nitrogen and oxygen atoms in total. The third-order valence-corrected chi connectivity index (χ3v) is 6.87. The molecule has 0 bridgehead atoms. The average Bonchev–Trinajstić information content (AvgIpc) is 3.18. The number of sulfonamides is 1. The van der Waals surface area contributed by atoms with E-state index in [9.17, 15) is 13.2 Å². The SMILES string of the molecule is O=C(NCCc1ccc(S(=O)(=O)N2CCCC2)cc1)c1ccc(Br)cc1. The van der Waals surface area contributed by atoms with Gasteiger partial charge in [-0.15, -0.1) is 0 Å². The van der Waals surface area contributed by atoms with Crippen molar-refractivity contribution in [2.75, 3.05) is 19.6 Å². The fourth-order valence-corrected chi connectivity index (χ4v) is 4.71. The van der Waals surface area contributed by atoms with Crippen LogP contribution in [0.3, 0.4) is 0 Å². The van der Waals surface area contributed by atoms with Crippen molar-refractivity contribution in [1.29, 1.82) is 0 Å². The van der Waals surface area contributed by atoms with Gasteiger partial charge in [-0.25, -0.2) is 8.42 Å². The molecule has 3 rings (SSSR count). The number of carbonyl (C=O) groups excluding carboxylic acids is 1. The summed E-state index contributed by atoms with van der Waals surface area (Å²) < 4.78 is 27.5. The maximum Gasteiger partial charge on any atom is 0.251 e. The van der Waals surface area contributed by atoms with Gasteiger partial charge in [-0.05, 0) is 61.2 Å². The highest BCUT2D eigenvalue weighted by Crippen LogP contribution is 2.21. The Kier molecular flexibility index (Phi) is 6.11. The minimum atomic E-state index is -3.37. The monoisotopic (exact) mass is 436 g/mol. The second-order valence-corrected chi connectivity index (χ2v) is 9.12. The van der Waals surface area contributed by atoms with Gasteiger partial charge in [-0.3, -0.25) is 4.79 Å². The summed E-state index contributed by atoms with van der Waals surface area (Å²) in [6.45, 7) is 1.70. The summed E-state index contributed by atoms with van der Waals surface area (Å²) in [6, 6.07) is 14.1. The molecule has 138 valence electrons. The molecule has 1 fully saturated rings.